The molecule has 340 valence electrons. The standard InChI is InChI=1S/C50H38FN7O7S3/c51-44-39(55-49(68-44)52-30-59)40(56-64-31-60)45(61)54-41-46(62)58-42(48(63)65-43(33-16-6-1-7-17-33)34-18-8-2-9-19-34)38(29-67-47(41)58)66-28-32-26-53-57(27-32)50(35-20-10-3-11-21-35,36-22-12-4-13-23-36)37-24-14-5-15-25-37/h1-27,30-31,41,43,47H,28-29H2,(H,54,61)(H,52,55,59)/b56-40-/t41-,47-/m1/s1. The van der Waals surface area contributed by atoms with Crippen LogP contribution in [0.3, 0.4) is 0 Å². The van der Waals surface area contributed by atoms with E-state index in [4.69, 9.17) is 9.84 Å². The van der Waals surface area contributed by atoms with Crippen molar-refractivity contribution < 1.29 is 37.9 Å². The Bertz CT molecular complexity index is 2880. The summed E-state index contributed by atoms with van der Waals surface area (Å²) in [4.78, 5) is 75.1. The number of anilines is 1. The Balaban J connectivity index is 1.05. The van der Waals surface area contributed by atoms with Crippen LogP contribution >= 0.6 is 34.9 Å². The molecule has 0 bridgehead atoms. The third-order valence-electron chi connectivity index (χ3n) is 11.2. The quantitative estimate of drug-likeness (QED) is 0.0165. The van der Waals surface area contributed by atoms with Crippen molar-refractivity contribution >= 4 is 76.4 Å². The van der Waals surface area contributed by atoms with Crippen LogP contribution in [0.1, 0.15) is 45.2 Å². The Labute approximate surface area is 401 Å². The first-order chi connectivity index (χ1) is 33.3. The molecule has 0 aliphatic carbocycles. The number of hydrogen-bond acceptors (Lipinski definition) is 13. The number of rotatable bonds is 18. The summed E-state index contributed by atoms with van der Waals surface area (Å²) in [6.45, 7) is -0.0768. The average Bonchev–Trinajstić information content (AvgIpc) is 4.01. The smallest absolute Gasteiger partial charge is 0.356 e. The molecule has 5 aromatic carbocycles. The number of β-lactam (4-membered cyclic amide) rings is 1. The average molecular weight is 964 g/mol. The van der Waals surface area contributed by atoms with E-state index in [0.29, 0.717) is 33.1 Å². The molecule has 68 heavy (non-hydrogen) atoms. The second kappa shape index (κ2) is 20.5. The number of thiazole rings is 1. The number of amides is 3. The van der Waals surface area contributed by atoms with Gasteiger partial charge in [0, 0.05) is 28.2 Å². The molecule has 18 heteroatoms. The topological polar surface area (TPSA) is 174 Å². The lowest BCUT2D eigenvalue weighted by atomic mass is 9.77. The summed E-state index contributed by atoms with van der Waals surface area (Å²) in [6.07, 6.45) is 3.22. The highest BCUT2D eigenvalue weighted by Gasteiger charge is 2.55. The Morgan fingerprint density at radius 1 is 0.853 bits per heavy atom. The van der Waals surface area contributed by atoms with Gasteiger partial charge in [-0.05, 0) is 27.8 Å². The van der Waals surface area contributed by atoms with Crippen molar-refractivity contribution in [2.45, 2.75) is 28.8 Å². The minimum Gasteiger partial charge on any atom is -0.448 e. The molecule has 0 radical (unpaired) electrons. The van der Waals surface area contributed by atoms with E-state index < -0.39 is 57.4 Å². The van der Waals surface area contributed by atoms with Gasteiger partial charge in [0.25, 0.3) is 11.8 Å². The lowest BCUT2D eigenvalue weighted by molar-refractivity contribution is -0.154. The van der Waals surface area contributed by atoms with Gasteiger partial charge < -0.3 is 20.2 Å². The van der Waals surface area contributed by atoms with Crippen LogP contribution in [0.2, 0.25) is 0 Å². The zero-order valence-electron chi connectivity index (χ0n) is 35.6. The van der Waals surface area contributed by atoms with Gasteiger partial charge >= 0.3 is 12.4 Å². The number of thioether (sulfide) groups is 2. The van der Waals surface area contributed by atoms with Crippen LogP contribution in [-0.4, -0.2) is 73.2 Å². The number of benzene rings is 5. The van der Waals surface area contributed by atoms with Crippen LogP contribution in [0, 0.1) is 5.13 Å². The largest absolute Gasteiger partial charge is 0.448 e. The monoisotopic (exact) mass is 963 g/mol. The fraction of sp³-hybridized carbons (Fsp3) is 0.120. The molecule has 14 nitrogen and oxygen atoms in total. The first kappa shape index (κ1) is 45.5. The summed E-state index contributed by atoms with van der Waals surface area (Å²) in [6, 6.07) is 47.7. The van der Waals surface area contributed by atoms with E-state index in [-0.39, 0.29) is 29.5 Å². The summed E-state index contributed by atoms with van der Waals surface area (Å²) in [7, 11) is 0. The minimum absolute atomic E-state index is 0.0130. The van der Waals surface area contributed by atoms with Crippen LogP contribution < -0.4 is 10.6 Å². The summed E-state index contributed by atoms with van der Waals surface area (Å²) >= 11 is 3.08. The predicted molar refractivity (Wildman–Crippen MR) is 256 cm³/mol. The number of halogens is 1. The number of oxime groups is 1. The highest BCUT2D eigenvalue weighted by atomic mass is 32.2. The maximum absolute atomic E-state index is 15.0. The molecule has 7 aromatic rings. The van der Waals surface area contributed by atoms with Gasteiger partial charge in [0.15, 0.2) is 16.9 Å². The predicted octanol–water partition coefficient (Wildman–Crippen LogP) is 7.64. The lowest BCUT2D eigenvalue weighted by Crippen LogP contribution is -2.71. The normalized spacial score (nSPS) is 15.8. The first-order valence-electron chi connectivity index (χ1n) is 21.0. The maximum atomic E-state index is 15.0. The second-order valence-corrected chi connectivity index (χ2v) is 18.3. The SMILES string of the molecule is O=CNc1nc(/C(=N/OC=O)C(=O)N[C@@H]2C(=O)N3C(C(=O)OC(c4ccccc4)c4ccccc4)=C(SCc4cnn(C(c5ccccc5)(c5ccccc5)c5ccccc5)c4)CS[C@H]23)c(F)s1. The zero-order chi connectivity index (χ0) is 47.0. The number of nitrogens with zero attached hydrogens (tertiary/aromatic N) is 5. The van der Waals surface area contributed by atoms with Crippen LogP contribution in [0.4, 0.5) is 9.52 Å². The molecule has 2 aliphatic rings. The molecule has 0 spiro atoms. The minimum atomic E-state index is -1.23. The number of hydrogen-bond donors (Lipinski definition) is 2. The molecule has 2 atom stereocenters. The van der Waals surface area contributed by atoms with Crippen LogP contribution in [-0.2, 0) is 44.8 Å². The van der Waals surface area contributed by atoms with Gasteiger partial charge in [-0.1, -0.05) is 168 Å². The van der Waals surface area contributed by atoms with Crippen molar-refractivity contribution in [1.29, 1.82) is 0 Å². The van der Waals surface area contributed by atoms with E-state index in [2.05, 4.69) is 62.0 Å². The van der Waals surface area contributed by atoms with Crippen LogP contribution in [0.5, 0.6) is 0 Å². The fourth-order valence-corrected chi connectivity index (χ4v) is 11.4. The number of esters is 1. The van der Waals surface area contributed by atoms with Crippen molar-refractivity contribution in [2.24, 2.45) is 5.16 Å². The van der Waals surface area contributed by atoms with Gasteiger partial charge in [0.05, 0.1) is 6.20 Å². The van der Waals surface area contributed by atoms with E-state index in [1.807, 2.05) is 126 Å². The van der Waals surface area contributed by atoms with Crippen molar-refractivity contribution in [3.05, 3.63) is 219 Å². The van der Waals surface area contributed by atoms with Gasteiger partial charge in [0.1, 0.15) is 28.3 Å². The molecule has 9 rings (SSSR count). The molecule has 1 saturated heterocycles. The number of carbonyl (C=O) groups excluding carboxylic acids is 5. The van der Waals surface area contributed by atoms with E-state index in [0.717, 1.165) is 22.3 Å². The fourth-order valence-electron chi connectivity index (χ4n) is 8.20. The molecule has 2 aliphatic heterocycles. The van der Waals surface area contributed by atoms with Crippen molar-refractivity contribution in [1.82, 2.24) is 25.0 Å². The Morgan fingerprint density at radius 2 is 1.41 bits per heavy atom. The van der Waals surface area contributed by atoms with E-state index in [1.54, 1.807) is 6.20 Å². The third kappa shape index (κ3) is 8.95. The summed E-state index contributed by atoms with van der Waals surface area (Å²) < 4.78 is 23.4. The molecular formula is C50H38FN7O7S3. The third-order valence-corrected chi connectivity index (χ3v) is 14.6. The van der Waals surface area contributed by atoms with E-state index in [1.165, 1.54) is 28.4 Å². The van der Waals surface area contributed by atoms with E-state index >= 15 is 4.39 Å². The van der Waals surface area contributed by atoms with Crippen LogP contribution in [0.15, 0.2) is 180 Å². The Kier molecular flexibility index (Phi) is 13.7. The summed E-state index contributed by atoms with van der Waals surface area (Å²) in [5, 5.41) is 11.2. The molecule has 2 N–H and O–H groups in total. The summed E-state index contributed by atoms with van der Waals surface area (Å²) in [5.74, 6) is -1.92. The molecule has 0 unspecified atom stereocenters. The molecule has 2 aromatic heterocycles. The van der Waals surface area contributed by atoms with Crippen molar-refractivity contribution in [3.8, 4) is 0 Å². The van der Waals surface area contributed by atoms with Crippen molar-refractivity contribution in [2.75, 3.05) is 11.1 Å². The van der Waals surface area contributed by atoms with Gasteiger partial charge in [-0.3, -0.25) is 28.8 Å². The van der Waals surface area contributed by atoms with Gasteiger partial charge in [-0.15, -0.1) is 23.5 Å². The molecule has 1 fully saturated rings. The number of carbonyl (C=O) groups is 5. The lowest BCUT2D eigenvalue weighted by Gasteiger charge is -2.49. The van der Waals surface area contributed by atoms with Gasteiger partial charge in [0.2, 0.25) is 11.5 Å². The first-order valence-corrected chi connectivity index (χ1v) is 23.8. The summed E-state index contributed by atoms with van der Waals surface area (Å²) in [5.41, 5.74) is 3.03. The maximum Gasteiger partial charge on any atom is 0.356 e. The molecule has 0 saturated carbocycles. The number of fused-ring (bicyclic) bond motifs is 1. The van der Waals surface area contributed by atoms with Gasteiger partial charge in [-0.25, -0.2) is 9.78 Å². The number of aromatic nitrogens is 3. The Morgan fingerprint density at radius 3 is 1.96 bits per heavy atom. The zero-order valence-corrected chi connectivity index (χ0v) is 38.0. The highest BCUT2D eigenvalue weighted by molar-refractivity contribution is 8.05. The number of nitrogens with one attached hydrogen (secondary N) is 2. The molecule has 4 heterocycles. The molecular weight excluding hydrogens is 926 g/mol. The highest BCUT2D eigenvalue weighted by Crippen LogP contribution is 2.46. The molecule has 3 amide bonds. The van der Waals surface area contributed by atoms with Crippen LogP contribution in [0.25, 0.3) is 0 Å². The second-order valence-electron chi connectivity index (χ2n) is 15.2. The van der Waals surface area contributed by atoms with Gasteiger partial charge in [-0.2, -0.15) is 9.49 Å². The number of ether oxygens (including phenoxy) is 1. The van der Waals surface area contributed by atoms with E-state index in [9.17, 15) is 24.0 Å². The Hall–Kier alpha value is -7.67. The van der Waals surface area contributed by atoms with Crippen molar-refractivity contribution in [3.63, 3.8) is 0 Å².